The molecule has 0 spiro atoms. The molecule has 2 aromatic carbocycles. The Labute approximate surface area is 154 Å². The van der Waals surface area contributed by atoms with Crippen molar-refractivity contribution in [2.75, 3.05) is 32.6 Å². The number of nitrogens with one attached hydrogen (secondary N) is 1. The molecule has 24 heavy (non-hydrogen) atoms. The molecule has 7 heteroatoms. The summed E-state index contributed by atoms with van der Waals surface area (Å²) in [4.78, 5) is 13.8. The number of anilines is 1. The molecule has 128 valence electrons. The molecule has 2 aromatic rings. The van der Waals surface area contributed by atoms with Gasteiger partial charge in [0.2, 0.25) is 0 Å². The van der Waals surface area contributed by atoms with Crippen molar-refractivity contribution in [3.63, 3.8) is 0 Å². The van der Waals surface area contributed by atoms with Gasteiger partial charge < -0.3 is 19.7 Å². The number of hydrogen-bond donors (Lipinski definition) is 1. The van der Waals surface area contributed by atoms with Crippen LogP contribution in [0.15, 0.2) is 46.9 Å². The average molecular weight is 414 g/mol. The summed E-state index contributed by atoms with van der Waals surface area (Å²) in [6.45, 7) is 0.811. The summed E-state index contributed by atoms with van der Waals surface area (Å²) >= 11 is 9.20. The van der Waals surface area contributed by atoms with Crippen molar-refractivity contribution in [3.8, 4) is 11.5 Å². The van der Waals surface area contributed by atoms with Crippen LogP contribution in [0.25, 0.3) is 0 Å². The third kappa shape index (κ3) is 5.32. The molecule has 1 N–H and O–H groups in total. The summed E-state index contributed by atoms with van der Waals surface area (Å²) in [5.74, 6) is 1.30. The van der Waals surface area contributed by atoms with Gasteiger partial charge in [0.25, 0.3) is 0 Å². The molecule has 0 aliphatic rings. The third-order valence-corrected chi connectivity index (χ3v) is 4.00. The van der Waals surface area contributed by atoms with Crippen molar-refractivity contribution in [1.29, 1.82) is 0 Å². The number of methoxy groups -OCH3 is 1. The second-order valence-electron chi connectivity index (χ2n) is 5.00. The molecular formula is C17H18BrClN2O3. The Hall–Kier alpha value is -1.92. The van der Waals surface area contributed by atoms with Crippen LogP contribution in [0.4, 0.5) is 10.5 Å². The standard InChI is InChI=1S/C17H18BrClN2O3/c1-21(9-10-24-14-6-4-13(19)5-7-14)17(22)20-15-11-12(18)3-8-16(15)23-2/h3-8,11H,9-10H2,1-2H3,(H,20,22). The van der Waals surface area contributed by atoms with E-state index in [1.165, 1.54) is 4.90 Å². The highest BCUT2D eigenvalue weighted by Crippen LogP contribution is 2.28. The van der Waals surface area contributed by atoms with Crippen LogP contribution in [0.5, 0.6) is 11.5 Å². The summed E-state index contributed by atoms with van der Waals surface area (Å²) < 4.78 is 11.7. The second kappa shape index (κ2) is 8.80. The minimum atomic E-state index is -0.244. The summed E-state index contributed by atoms with van der Waals surface area (Å²) in [5, 5.41) is 3.47. The first-order valence-electron chi connectivity index (χ1n) is 7.23. The molecule has 0 atom stereocenters. The molecule has 0 heterocycles. The van der Waals surface area contributed by atoms with E-state index in [4.69, 9.17) is 21.1 Å². The van der Waals surface area contributed by atoms with Gasteiger partial charge in [0.1, 0.15) is 18.1 Å². The van der Waals surface area contributed by atoms with E-state index < -0.39 is 0 Å². The van der Waals surface area contributed by atoms with Crippen LogP contribution in [0.3, 0.4) is 0 Å². The maximum atomic E-state index is 12.2. The number of rotatable bonds is 6. The predicted octanol–water partition coefficient (Wildman–Crippen LogP) is 4.65. The van der Waals surface area contributed by atoms with E-state index in [9.17, 15) is 4.79 Å². The van der Waals surface area contributed by atoms with E-state index in [2.05, 4.69) is 21.2 Å². The monoisotopic (exact) mass is 412 g/mol. The number of carbonyl (C=O) groups excluding carboxylic acids is 1. The normalized spacial score (nSPS) is 10.2. The number of amides is 2. The van der Waals surface area contributed by atoms with Gasteiger partial charge in [-0.15, -0.1) is 0 Å². The van der Waals surface area contributed by atoms with E-state index in [1.54, 1.807) is 50.6 Å². The van der Waals surface area contributed by atoms with Crippen LogP contribution in [0.2, 0.25) is 5.02 Å². The first-order valence-corrected chi connectivity index (χ1v) is 8.40. The Morgan fingerprint density at radius 2 is 1.96 bits per heavy atom. The first-order chi connectivity index (χ1) is 11.5. The van der Waals surface area contributed by atoms with Gasteiger partial charge >= 0.3 is 6.03 Å². The van der Waals surface area contributed by atoms with Crippen LogP contribution in [-0.2, 0) is 0 Å². The molecule has 2 amide bonds. The zero-order valence-electron chi connectivity index (χ0n) is 13.4. The van der Waals surface area contributed by atoms with Gasteiger partial charge in [-0.1, -0.05) is 27.5 Å². The summed E-state index contributed by atoms with van der Waals surface area (Å²) in [7, 11) is 3.26. The highest BCUT2D eigenvalue weighted by molar-refractivity contribution is 9.10. The molecule has 0 radical (unpaired) electrons. The van der Waals surface area contributed by atoms with Crippen molar-refractivity contribution < 1.29 is 14.3 Å². The van der Waals surface area contributed by atoms with E-state index in [1.807, 2.05) is 6.07 Å². The minimum absolute atomic E-state index is 0.244. The largest absolute Gasteiger partial charge is 0.495 e. The molecular weight excluding hydrogens is 396 g/mol. The van der Waals surface area contributed by atoms with Crippen molar-refractivity contribution in [2.45, 2.75) is 0 Å². The average Bonchev–Trinajstić information content (AvgIpc) is 2.56. The summed E-state index contributed by atoms with van der Waals surface area (Å²) in [6.07, 6.45) is 0. The van der Waals surface area contributed by atoms with Crippen LogP contribution in [0, 0.1) is 0 Å². The quantitative estimate of drug-likeness (QED) is 0.750. The number of nitrogens with zero attached hydrogens (tertiary/aromatic N) is 1. The van der Waals surface area contributed by atoms with Gasteiger partial charge in [-0.25, -0.2) is 4.79 Å². The van der Waals surface area contributed by atoms with E-state index in [-0.39, 0.29) is 6.03 Å². The first kappa shape index (κ1) is 18.4. The van der Waals surface area contributed by atoms with Crippen LogP contribution in [-0.4, -0.2) is 38.2 Å². The maximum absolute atomic E-state index is 12.2. The number of ether oxygens (including phenoxy) is 2. The van der Waals surface area contributed by atoms with Crippen LogP contribution < -0.4 is 14.8 Å². The Morgan fingerprint density at radius 1 is 1.25 bits per heavy atom. The Morgan fingerprint density at radius 3 is 2.62 bits per heavy atom. The second-order valence-corrected chi connectivity index (χ2v) is 6.35. The molecule has 5 nitrogen and oxygen atoms in total. The zero-order chi connectivity index (χ0) is 17.5. The van der Waals surface area contributed by atoms with Gasteiger partial charge in [0, 0.05) is 16.5 Å². The molecule has 0 saturated carbocycles. The van der Waals surface area contributed by atoms with E-state index >= 15 is 0 Å². The van der Waals surface area contributed by atoms with Gasteiger partial charge in [-0.2, -0.15) is 0 Å². The Kier molecular flexibility index (Phi) is 6.75. The topological polar surface area (TPSA) is 50.8 Å². The van der Waals surface area contributed by atoms with Gasteiger partial charge in [-0.3, -0.25) is 0 Å². The summed E-state index contributed by atoms with van der Waals surface area (Å²) in [5.41, 5.74) is 0.599. The predicted molar refractivity (Wildman–Crippen MR) is 99.3 cm³/mol. The lowest BCUT2D eigenvalue weighted by atomic mass is 10.3. The lowest BCUT2D eigenvalue weighted by Crippen LogP contribution is -2.34. The molecule has 0 aromatic heterocycles. The SMILES string of the molecule is COc1ccc(Br)cc1NC(=O)N(C)CCOc1ccc(Cl)cc1. The molecule has 2 rings (SSSR count). The van der Waals surface area contributed by atoms with Crippen LogP contribution >= 0.6 is 27.5 Å². The van der Waals surface area contributed by atoms with Gasteiger partial charge in [0.15, 0.2) is 0 Å². The molecule has 0 unspecified atom stereocenters. The number of likely N-dealkylation sites (N-methyl/N-ethyl adjacent to an activating group) is 1. The van der Waals surface area contributed by atoms with E-state index in [0.717, 1.165) is 4.47 Å². The highest BCUT2D eigenvalue weighted by atomic mass is 79.9. The maximum Gasteiger partial charge on any atom is 0.321 e. The number of halogens is 2. The fraction of sp³-hybridized carbons (Fsp3) is 0.235. The molecule has 0 bridgehead atoms. The molecule has 0 saturated heterocycles. The smallest absolute Gasteiger partial charge is 0.321 e. The Bertz CT molecular complexity index is 695. The van der Waals surface area contributed by atoms with Crippen molar-refractivity contribution in [2.24, 2.45) is 0 Å². The third-order valence-electron chi connectivity index (χ3n) is 3.26. The van der Waals surface area contributed by atoms with Crippen LogP contribution in [0.1, 0.15) is 0 Å². The lowest BCUT2D eigenvalue weighted by molar-refractivity contribution is 0.207. The lowest BCUT2D eigenvalue weighted by Gasteiger charge is -2.19. The Balaban J connectivity index is 1.86. The number of hydrogen-bond acceptors (Lipinski definition) is 3. The van der Waals surface area contributed by atoms with Gasteiger partial charge in [0.05, 0.1) is 19.3 Å². The zero-order valence-corrected chi connectivity index (χ0v) is 15.7. The van der Waals surface area contributed by atoms with Crippen molar-refractivity contribution >= 4 is 39.2 Å². The molecule has 0 aliphatic heterocycles. The van der Waals surface area contributed by atoms with Crippen molar-refractivity contribution in [3.05, 3.63) is 52.0 Å². The number of benzene rings is 2. The van der Waals surface area contributed by atoms with E-state index in [0.29, 0.717) is 35.4 Å². The van der Waals surface area contributed by atoms with Crippen molar-refractivity contribution in [1.82, 2.24) is 4.90 Å². The summed E-state index contributed by atoms with van der Waals surface area (Å²) in [6, 6.07) is 12.3. The van der Waals surface area contributed by atoms with Gasteiger partial charge in [-0.05, 0) is 42.5 Å². The number of carbonyl (C=O) groups is 1. The number of urea groups is 1. The molecule has 0 aliphatic carbocycles. The minimum Gasteiger partial charge on any atom is -0.495 e. The molecule has 0 fully saturated rings. The fourth-order valence-electron chi connectivity index (χ4n) is 1.92. The highest BCUT2D eigenvalue weighted by Gasteiger charge is 2.12. The fourth-order valence-corrected chi connectivity index (χ4v) is 2.41.